The second-order valence-electron chi connectivity index (χ2n) is 1.08. The first-order chi connectivity index (χ1) is 2.41. The first kappa shape index (κ1) is 10.6. The Morgan fingerprint density at radius 3 is 2.17 bits per heavy atom. The molecule has 34 valence electrons. The normalized spacial score (nSPS) is 7.00. The average Bonchev–Trinajstić information content (AvgIpc) is 1.41. The van der Waals surface area contributed by atoms with Gasteiger partial charge in [-0.2, -0.15) is 0 Å². The number of aliphatic hydroxyl groups is 1. The van der Waals surface area contributed by atoms with Crippen LogP contribution in [0.2, 0.25) is 0 Å². The molecule has 0 aliphatic heterocycles. The molecule has 2 heteroatoms. The van der Waals surface area contributed by atoms with E-state index in [1.54, 1.807) is 0 Å². The zero-order valence-electron chi connectivity index (χ0n) is 5.57. The molecule has 0 heterocycles. The van der Waals surface area contributed by atoms with Crippen LogP contribution in [-0.4, -0.2) is 11.7 Å². The molecule has 0 unspecified atom stereocenters. The molecular formula is C4H11KO. The van der Waals surface area contributed by atoms with Crippen LogP contribution in [0.4, 0.5) is 0 Å². The Kier molecular flexibility index (Phi) is 17.2. The van der Waals surface area contributed by atoms with Crippen molar-refractivity contribution in [2.24, 2.45) is 0 Å². The van der Waals surface area contributed by atoms with Gasteiger partial charge in [-0.25, -0.2) is 0 Å². The molecule has 0 rings (SSSR count). The molecule has 0 aromatic heterocycles. The van der Waals surface area contributed by atoms with Crippen molar-refractivity contribution >= 4 is 0 Å². The van der Waals surface area contributed by atoms with E-state index in [1.807, 2.05) is 0 Å². The van der Waals surface area contributed by atoms with Gasteiger partial charge in [0.1, 0.15) is 0 Å². The molecule has 0 saturated carbocycles. The van der Waals surface area contributed by atoms with Gasteiger partial charge in [0.2, 0.25) is 0 Å². The van der Waals surface area contributed by atoms with Crippen molar-refractivity contribution in [3.8, 4) is 0 Å². The zero-order chi connectivity index (χ0) is 4.12. The number of aliphatic hydroxyl groups excluding tert-OH is 1. The van der Waals surface area contributed by atoms with Gasteiger partial charge in [-0.1, -0.05) is 13.3 Å². The van der Waals surface area contributed by atoms with Crippen molar-refractivity contribution in [2.75, 3.05) is 6.61 Å². The molecule has 0 spiro atoms. The van der Waals surface area contributed by atoms with Crippen molar-refractivity contribution in [2.45, 2.75) is 19.8 Å². The third-order valence-electron chi connectivity index (χ3n) is 0.512. The Morgan fingerprint density at radius 2 is 2.17 bits per heavy atom. The Balaban J connectivity index is -0.0000000800. The van der Waals surface area contributed by atoms with E-state index in [0.29, 0.717) is 6.61 Å². The first-order valence-corrected chi connectivity index (χ1v) is 2.02. The quantitative estimate of drug-likeness (QED) is 0.408. The standard InChI is InChI=1S/C4H10O.K.H/c1-2-3-4-5;;/h5H,2-4H2,1H3;;/q;+1;-1. The molecule has 1 N–H and O–H groups in total. The van der Waals surface area contributed by atoms with Crippen LogP contribution in [0.25, 0.3) is 0 Å². The molecule has 6 heavy (non-hydrogen) atoms. The maximum absolute atomic E-state index is 8.07. The minimum Gasteiger partial charge on any atom is -1.00 e. The van der Waals surface area contributed by atoms with Crippen LogP contribution < -0.4 is 51.4 Å². The summed E-state index contributed by atoms with van der Waals surface area (Å²) in [7, 11) is 0. The summed E-state index contributed by atoms with van der Waals surface area (Å²) in [4.78, 5) is 0. The van der Waals surface area contributed by atoms with Crippen LogP contribution in [0.1, 0.15) is 21.2 Å². The number of hydrogen-bond donors (Lipinski definition) is 1. The summed E-state index contributed by atoms with van der Waals surface area (Å²) >= 11 is 0. The first-order valence-electron chi connectivity index (χ1n) is 2.02. The molecule has 0 aromatic rings. The maximum Gasteiger partial charge on any atom is 1.00 e. The summed E-state index contributed by atoms with van der Waals surface area (Å²) in [6.45, 7) is 2.40. The summed E-state index contributed by atoms with van der Waals surface area (Å²) in [5.41, 5.74) is 0. The minimum absolute atomic E-state index is 0. The van der Waals surface area contributed by atoms with Gasteiger partial charge in [-0.05, 0) is 6.42 Å². The molecule has 0 atom stereocenters. The Bertz CT molecular complexity index is 19.2. The molecule has 0 saturated heterocycles. The van der Waals surface area contributed by atoms with Gasteiger partial charge in [0, 0.05) is 6.61 Å². The van der Waals surface area contributed by atoms with Crippen LogP contribution in [-0.2, 0) is 0 Å². The van der Waals surface area contributed by atoms with Crippen LogP contribution in [0.3, 0.4) is 0 Å². The molecule has 0 aliphatic rings. The monoisotopic (exact) mass is 114 g/mol. The van der Waals surface area contributed by atoms with E-state index >= 15 is 0 Å². The van der Waals surface area contributed by atoms with Gasteiger partial charge < -0.3 is 6.53 Å². The van der Waals surface area contributed by atoms with Crippen LogP contribution in [0, 0.1) is 0 Å². The van der Waals surface area contributed by atoms with E-state index in [0.717, 1.165) is 12.8 Å². The zero-order valence-corrected chi connectivity index (χ0v) is 7.69. The van der Waals surface area contributed by atoms with Crippen molar-refractivity contribution in [1.29, 1.82) is 0 Å². The molecule has 0 aliphatic carbocycles. The Hall–Kier alpha value is 1.60. The second kappa shape index (κ2) is 9.78. The summed E-state index contributed by atoms with van der Waals surface area (Å²) in [5, 5.41) is 8.07. The van der Waals surface area contributed by atoms with Crippen molar-refractivity contribution in [3.05, 3.63) is 0 Å². The second-order valence-corrected chi connectivity index (χ2v) is 1.08. The van der Waals surface area contributed by atoms with E-state index in [9.17, 15) is 0 Å². The topological polar surface area (TPSA) is 20.2 Å². The van der Waals surface area contributed by atoms with Gasteiger partial charge in [-0.15, -0.1) is 0 Å². The smallest absolute Gasteiger partial charge is 1.00 e. The van der Waals surface area contributed by atoms with Gasteiger partial charge in [0.05, 0.1) is 0 Å². The van der Waals surface area contributed by atoms with Crippen molar-refractivity contribution < 1.29 is 57.9 Å². The predicted molar refractivity (Wildman–Crippen MR) is 23.1 cm³/mol. The van der Waals surface area contributed by atoms with E-state index in [-0.39, 0.29) is 52.8 Å². The summed E-state index contributed by atoms with van der Waals surface area (Å²) in [6, 6.07) is 0. The van der Waals surface area contributed by atoms with E-state index in [1.165, 1.54) is 0 Å². The van der Waals surface area contributed by atoms with Crippen LogP contribution in [0.5, 0.6) is 0 Å². The molecular weight excluding hydrogens is 103 g/mol. The van der Waals surface area contributed by atoms with Crippen LogP contribution in [0.15, 0.2) is 0 Å². The molecule has 0 radical (unpaired) electrons. The van der Waals surface area contributed by atoms with Crippen molar-refractivity contribution in [1.82, 2.24) is 0 Å². The fourth-order valence-corrected chi connectivity index (χ4v) is 0.158. The third kappa shape index (κ3) is 9.14. The largest absolute Gasteiger partial charge is 1.00 e. The summed E-state index contributed by atoms with van der Waals surface area (Å²) < 4.78 is 0. The third-order valence-corrected chi connectivity index (χ3v) is 0.512. The van der Waals surface area contributed by atoms with Gasteiger partial charge >= 0.3 is 51.4 Å². The average molecular weight is 114 g/mol. The number of hydrogen-bond acceptors (Lipinski definition) is 1. The summed E-state index contributed by atoms with van der Waals surface area (Å²) in [6.07, 6.45) is 2.04. The predicted octanol–water partition coefficient (Wildman–Crippen LogP) is -2.10. The molecule has 0 bridgehead atoms. The van der Waals surface area contributed by atoms with E-state index in [4.69, 9.17) is 5.11 Å². The number of unbranched alkanes of at least 4 members (excludes halogenated alkanes) is 1. The minimum atomic E-state index is 0. The summed E-state index contributed by atoms with van der Waals surface area (Å²) in [5.74, 6) is 0. The van der Waals surface area contributed by atoms with Crippen LogP contribution >= 0.6 is 0 Å². The van der Waals surface area contributed by atoms with Crippen molar-refractivity contribution in [3.63, 3.8) is 0 Å². The fourth-order valence-electron chi connectivity index (χ4n) is 0.158. The molecule has 0 amide bonds. The fraction of sp³-hybridized carbons (Fsp3) is 1.00. The van der Waals surface area contributed by atoms with E-state index < -0.39 is 0 Å². The van der Waals surface area contributed by atoms with E-state index in [2.05, 4.69) is 6.92 Å². The molecule has 1 nitrogen and oxygen atoms in total. The van der Waals surface area contributed by atoms with Gasteiger partial charge in [0.15, 0.2) is 0 Å². The SMILES string of the molecule is CCCCO.[H-].[K+]. The van der Waals surface area contributed by atoms with Gasteiger partial charge in [-0.3, -0.25) is 0 Å². The Labute approximate surface area is 83.0 Å². The molecule has 0 aromatic carbocycles. The van der Waals surface area contributed by atoms with Gasteiger partial charge in [0.25, 0.3) is 0 Å². The number of rotatable bonds is 2. The molecule has 0 fully saturated rings. The Morgan fingerprint density at radius 1 is 1.67 bits per heavy atom. The maximum atomic E-state index is 8.07.